The number of urea groups is 1. The first-order valence-corrected chi connectivity index (χ1v) is 7.93. The smallest absolute Gasteiger partial charge is 0.314 e. The van der Waals surface area contributed by atoms with Gasteiger partial charge in [0.2, 0.25) is 0 Å². The molecule has 3 N–H and O–H groups in total. The average Bonchev–Trinajstić information content (AvgIpc) is 2.49. The van der Waals surface area contributed by atoms with Gasteiger partial charge >= 0.3 is 12.0 Å². The van der Waals surface area contributed by atoms with Crippen molar-refractivity contribution in [1.82, 2.24) is 10.6 Å². The summed E-state index contributed by atoms with van der Waals surface area (Å²) in [6.45, 7) is 4.92. The van der Waals surface area contributed by atoms with Crippen LogP contribution in [0.15, 0.2) is 0 Å². The Morgan fingerprint density at radius 2 is 1.95 bits per heavy atom. The van der Waals surface area contributed by atoms with Gasteiger partial charge in [-0.1, -0.05) is 13.3 Å². The molecule has 1 heterocycles. The number of nitrogens with one attached hydrogen (secondary N) is 2. The predicted molar refractivity (Wildman–Crippen MR) is 80.2 cm³/mol. The fraction of sp³-hybridized carbons (Fsp3) is 0.867. The van der Waals surface area contributed by atoms with Crippen molar-refractivity contribution in [1.29, 1.82) is 0 Å². The van der Waals surface area contributed by atoms with Crippen molar-refractivity contribution >= 4 is 12.0 Å². The van der Waals surface area contributed by atoms with Crippen molar-refractivity contribution in [3.05, 3.63) is 0 Å². The molecule has 2 amide bonds. The van der Waals surface area contributed by atoms with E-state index in [1.807, 2.05) is 0 Å². The summed E-state index contributed by atoms with van der Waals surface area (Å²) >= 11 is 0. The number of carbonyl (C=O) groups excluding carboxylic acids is 1. The molecule has 0 saturated carbocycles. The minimum absolute atomic E-state index is 0.130. The van der Waals surface area contributed by atoms with Gasteiger partial charge in [-0.3, -0.25) is 4.79 Å². The molecule has 1 aliphatic rings. The molecule has 1 rings (SSSR count). The zero-order valence-electron chi connectivity index (χ0n) is 12.9. The van der Waals surface area contributed by atoms with Gasteiger partial charge in [-0.15, -0.1) is 0 Å². The highest BCUT2D eigenvalue weighted by Gasteiger charge is 2.14. The summed E-state index contributed by atoms with van der Waals surface area (Å²) in [4.78, 5) is 22.2. The first-order chi connectivity index (χ1) is 10.1. The van der Waals surface area contributed by atoms with Crippen LogP contribution in [-0.4, -0.2) is 43.4 Å². The first kappa shape index (κ1) is 17.8. The highest BCUT2D eigenvalue weighted by molar-refractivity contribution is 5.73. The maximum Gasteiger partial charge on any atom is 0.314 e. The monoisotopic (exact) mass is 300 g/mol. The Hall–Kier alpha value is -1.30. The highest BCUT2D eigenvalue weighted by atomic mass is 16.5. The molecule has 1 saturated heterocycles. The molecule has 1 atom stereocenters. The molecule has 0 radical (unpaired) electrons. The van der Waals surface area contributed by atoms with Crippen LogP contribution in [0.1, 0.15) is 45.4 Å². The Morgan fingerprint density at radius 1 is 1.24 bits per heavy atom. The van der Waals surface area contributed by atoms with E-state index in [0.717, 1.165) is 38.9 Å². The molecule has 122 valence electrons. The average molecular weight is 300 g/mol. The third-order valence-electron chi connectivity index (χ3n) is 4.07. The van der Waals surface area contributed by atoms with Crippen molar-refractivity contribution in [2.45, 2.75) is 45.4 Å². The topological polar surface area (TPSA) is 87.7 Å². The van der Waals surface area contributed by atoms with Crippen LogP contribution < -0.4 is 10.6 Å². The molecule has 0 bridgehead atoms. The van der Waals surface area contributed by atoms with E-state index in [-0.39, 0.29) is 12.5 Å². The van der Waals surface area contributed by atoms with Gasteiger partial charge in [-0.05, 0) is 37.5 Å². The zero-order chi connectivity index (χ0) is 15.5. The second kappa shape index (κ2) is 10.4. The molecule has 0 aromatic carbocycles. The Morgan fingerprint density at radius 3 is 2.57 bits per heavy atom. The molecule has 1 aliphatic heterocycles. The minimum atomic E-state index is -0.754. The van der Waals surface area contributed by atoms with Crippen LogP contribution in [0.25, 0.3) is 0 Å². The van der Waals surface area contributed by atoms with Gasteiger partial charge in [0.15, 0.2) is 0 Å². The van der Waals surface area contributed by atoms with Gasteiger partial charge in [-0.2, -0.15) is 0 Å². The van der Waals surface area contributed by atoms with Gasteiger partial charge in [0, 0.05) is 32.7 Å². The first-order valence-electron chi connectivity index (χ1n) is 7.93. The van der Waals surface area contributed by atoms with Crippen molar-refractivity contribution in [2.24, 2.45) is 11.8 Å². The molecule has 1 unspecified atom stereocenters. The van der Waals surface area contributed by atoms with Crippen LogP contribution in [0.2, 0.25) is 0 Å². The van der Waals surface area contributed by atoms with Crippen molar-refractivity contribution in [3.63, 3.8) is 0 Å². The van der Waals surface area contributed by atoms with Crippen LogP contribution in [0, 0.1) is 11.8 Å². The molecule has 0 aromatic heterocycles. The number of aliphatic carboxylic acids is 1. The van der Waals surface area contributed by atoms with E-state index in [0.29, 0.717) is 31.3 Å². The normalized spacial score (nSPS) is 17.2. The molecular weight excluding hydrogens is 272 g/mol. The van der Waals surface area contributed by atoms with Gasteiger partial charge in [0.1, 0.15) is 0 Å². The molecule has 0 spiro atoms. The molecule has 0 aliphatic carbocycles. The van der Waals surface area contributed by atoms with E-state index in [1.165, 1.54) is 0 Å². The van der Waals surface area contributed by atoms with Crippen LogP contribution in [0.3, 0.4) is 0 Å². The highest BCUT2D eigenvalue weighted by Crippen LogP contribution is 2.15. The fourth-order valence-corrected chi connectivity index (χ4v) is 2.52. The summed E-state index contributed by atoms with van der Waals surface area (Å²) in [6.07, 6.45) is 4.67. The van der Waals surface area contributed by atoms with Crippen molar-refractivity contribution in [3.8, 4) is 0 Å². The maximum atomic E-state index is 11.7. The number of rotatable bonds is 9. The fourth-order valence-electron chi connectivity index (χ4n) is 2.52. The molecule has 6 nitrogen and oxygen atoms in total. The van der Waals surface area contributed by atoms with Crippen LogP contribution in [0.5, 0.6) is 0 Å². The molecule has 6 heteroatoms. The third kappa shape index (κ3) is 8.55. The third-order valence-corrected chi connectivity index (χ3v) is 4.07. The number of carboxylic acids is 1. The lowest BCUT2D eigenvalue weighted by Gasteiger charge is -2.22. The molecule has 21 heavy (non-hydrogen) atoms. The number of carboxylic acid groups (broad SMARTS) is 1. The van der Waals surface area contributed by atoms with Crippen molar-refractivity contribution in [2.75, 3.05) is 26.3 Å². The second-order valence-corrected chi connectivity index (χ2v) is 5.69. The number of carbonyl (C=O) groups is 2. The number of ether oxygens (including phenoxy) is 1. The molecular formula is C15H28N2O4. The molecule has 1 fully saturated rings. The Balaban J connectivity index is 2.06. The van der Waals surface area contributed by atoms with E-state index in [1.54, 1.807) is 0 Å². The lowest BCUT2D eigenvalue weighted by atomic mass is 9.97. The summed E-state index contributed by atoms with van der Waals surface area (Å²) in [5.74, 6) is 0.121. The number of hydrogen-bond acceptors (Lipinski definition) is 3. The Labute approximate surface area is 126 Å². The van der Waals surface area contributed by atoms with Crippen LogP contribution in [-0.2, 0) is 9.53 Å². The van der Waals surface area contributed by atoms with E-state index in [9.17, 15) is 9.59 Å². The SMILES string of the molecule is CCC(CCNC(=O)NCC1CCOCC1)CCC(=O)O. The number of amides is 2. The Kier molecular flexibility index (Phi) is 8.82. The summed E-state index contributed by atoms with van der Waals surface area (Å²) < 4.78 is 5.28. The Bertz CT molecular complexity index is 317. The summed E-state index contributed by atoms with van der Waals surface area (Å²) in [6, 6.07) is -0.130. The maximum absolute atomic E-state index is 11.7. The summed E-state index contributed by atoms with van der Waals surface area (Å²) in [7, 11) is 0. The predicted octanol–water partition coefficient (Wildman–Crippen LogP) is 1.99. The van der Waals surface area contributed by atoms with Gasteiger partial charge < -0.3 is 20.5 Å². The number of hydrogen-bond donors (Lipinski definition) is 3. The summed E-state index contributed by atoms with van der Waals surface area (Å²) in [5.41, 5.74) is 0. The minimum Gasteiger partial charge on any atom is -0.481 e. The van der Waals surface area contributed by atoms with Crippen LogP contribution >= 0.6 is 0 Å². The van der Waals surface area contributed by atoms with Gasteiger partial charge in [-0.25, -0.2) is 4.79 Å². The zero-order valence-corrected chi connectivity index (χ0v) is 12.9. The lowest BCUT2D eigenvalue weighted by Crippen LogP contribution is -2.40. The quantitative estimate of drug-likeness (QED) is 0.607. The van der Waals surface area contributed by atoms with Crippen molar-refractivity contribution < 1.29 is 19.4 Å². The van der Waals surface area contributed by atoms with E-state index < -0.39 is 5.97 Å². The largest absolute Gasteiger partial charge is 0.481 e. The van der Waals surface area contributed by atoms with E-state index in [4.69, 9.17) is 9.84 Å². The van der Waals surface area contributed by atoms with Gasteiger partial charge in [0.05, 0.1) is 0 Å². The standard InChI is InChI=1S/C15H28N2O4/c1-2-12(3-4-14(18)19)5-8-16-15(20)17-11-13-6-9-21-10-7-13/h12-13H,2-11H2,1H3,(H,18,19)(H2,16,17,20). The van der Waals surface area contributed by atoms with Gasteiger partial charge in [0.25, 0.3) is 0 Å². The molecule has 0 aromatic rings. The summed E-state index contributed by atoms with van der Waals surface area (Å²) in [5, 5.41) is 14.4. The van der Waals surface area contributed by atoms with E-state index in [2.05, 4.69) is 17.6 Å². The van der Waals surface area contributed by atoms with Crippen LogP contribution in [0.4, 0.5) is 4.79 Å². The second-order valence-electron chi connectivity index (χ2n) is 5.69. The lowest BCUT2D eigenvalue weighted by molar-refractivity contribution is -0.137. The van der Waals surface area contributed by atoms with E-state index >= 15 is 0 Å².